The third-order valence-electron chi connectivity index (χ3n) is 2.05. The molecule has 0 bridgehead atoms. The van der Waals surface area contributed by atoms with Gasteiger partial charge in [-0.15, -0.1) is 0 Å². The molecule has 0 heterocycles. The summed E-state index contributed by atoms with van der Waals surface area (Å²) in [5, 5.41) is 14.2. The van der Waals surface area contributed by atoms with E-state index >= 15 is 0 Å². The number of carbonyl (C=O) groups excluding carboxylic acids is 1. The van der Waals surface area contributed by atoms with Crippen LogP contribution in [0.25, 0.3) is 0 Å². The van der Waals surface area contributed by atoms with Crippen LogP contribution in [0.5, 0.6) is 0 Å². The minimum atomic E-state index is -1.07. The van der Waals surface area contributed by atoms with E-state index in [0.717, 1.165) is 0 Å². The Labute approximate surface area is 97.8 Å². The molecule has 1 aromatic rings. The number of nitrogens with two attached hydrogens (primary N) is 2. The van der Waals surface area contributed by atoms with Gasteiger partial charge < -0.3 is 27.2 Å². The predicted octanol–water partition coefficient (Wildman–Crippen LogP) is 0.0472. The number of rotatable bonds is 5. The van der Waals surface area contributed by atoms with Crippen LogP contribution in [0.1, 0.15) is 10.4 Å². The molecule has 0 radical (unpaired) electrons. The van der Waals surface area contributed by atoms with Gasteiger partial charge in [0, 0.05) is 13.1 Å². The Bertz CT molecular complexity index is 434. The standard InChI is InChI=1S/C10H14N4O3/c11-7-3-1-2-6(9(15)16)8(7)13-4-5-14-10(12)17/h1-3,13H,4-5,11H2,(H,15,16)(H3,12,14,17). The van der Waals surface area contributed by atoms with Crippen molar-refractivity contribution in [1.82, 2.24) is 5.32 Å². The second-order valence-corrected chi connectivity index (χ2v) is 3.29. The van der Waals surface area contributed by atoms with Crippen LogP contribution in [-0.4, -0.2) is 30.2 Å². The van der Waals surface area contributed by atoms with Gasteiger partial charge in [-0.25, -0.2) is 9.59 Å². The highest BCUT2D eigenvalue weighted by Crippen LogP contribution is 2.22. The monoisotopic (exact) mass is 238 g/mol. The maximum absolute atomic E-state index is 10.9. The molecule has 0 atom stereocenters. The third kappa shape index (κ3) is 3.56. The summed E-state index contributed by atoms with van der Waals surface area (Å²) >= 11 is 0. The van der Waals surface area contributed by atoms with E-state index in [1.807, 2.05) is 0 Å². The fourth-order valence-corrected chi connectivity index (χ4v) is 1.32. The fraction of sp³-hybridized carbons (Fsp3) is 0.200. The van der Waals surface area contributed by atoms with E-state index in [4.69, 9.17) is 16.6 Å². The van der Waals surface area contributed by atoms with Crippen LogP contribution in [0, 0.1) is 0 Å². The highest BCUT2D eigenvalue weighted by molar-refractivity contribution is 5.97. The van der Waals surface area contributed by atoms with Crippen LogP contribution >= 0.6 is 0 Å². The van der Waals surface area contributed by atoms with Crippen LogP contribution in [-0.2, 0) is 0 Å². The van der Waals surface area contributed by atoms with Crippen LogP contribution in [0.2, 0.25) is 0 Å². The van der Waals surface area contributed by atoms with Crippen LogP contribution < -0.4 is 22.1 Å². The van der Waals surface area contributed by atoms with E-state index in [0.29, 0.717) is 17.9 Å². The molecule has 17 heavy (non-hydrogen) atoms. The summed E-state index contributed by atoms with van der Waals surface area (Å²) in [4.78, 5) is 21.3. The molecule has 0 saturated carbocycles. The minimum absolute atomic E-state index is 0.0871. The highest BCUT2D eigenvalue weighted by atomic mass is 16.4. The number of urea groups is 1. The third-order valence-corrected chi connectivity index (χ3v) is 2.05. The smallest absolute Gasteiger partial charge is 0.337 e. The molecule has 92 valence electrons. The molecule has 0 unspecified atom stereocenters. The van der Waals surface area contributed by atoms with Gasteiger partial charge in [-0.2, -0.15) is 0 Å². The van der Waals surface area contributed by atoms with E-state index in [9.17, 15) is 9.59 Å². The minimum Gasteiger partial charge on any atom is -0.478 e. The number of nitrogen functional groups attached to an aromatic ring is 1. The fourth-order valence-electron chi connectivity index (χ4n) is 1.32. The van der Waals surface area contributed by atoms with Crippen molar-refractivity contribution in [3.8, 4) is 0 Å². The normalized spacial score (nSPS) is 9.65. The van der Waals surface area contributed by atoms with Crippen molar-refractivity contribution < 1.29 is 14.7 Å². The van der Waals surface area contributed by atoms with Crippen molar-refractivity contribution in [3.05, 3.63) is 23.8 Å². The summed E-state index contributed by atoms with van der Waals surface area (Å²) < 4.78 is 0. The predicted molar refractivity (Wildman–Crippen MR) is 63.9 cm³/mol. The molecule has 0 spiro atoms. The molecule has 7 heteroatoms. The molecule has 0 fully saturated rings. The number of nitrogens with one attached hydrogen (secondary N) is 2. The lowest BCUT2D eigenvalue weighted by Gasteiger charge is -2.12. The van der Waals surface area contributed by atoms with E-state index in [1.54, 1.807) is 12.1 Å². The molecule has 0 aliphatic rings. The zero-order chi connectivity index (χ0) is 12.8. The van der Waals surface area contributed by atoms with Crippen molar-refractivity contribution in [2.45, 2.75) is 0 Å². The number of carboxylic acids is 1. The summed E-state index contributed by atoms with van der Waals surface area (Å²) in [6, 6.07) is 3.97. The number of anilines is 2. The molecular weight excluding hydrogens is 224 g/mol. The van der Waals surface area contributed by atoms with Crippen LogP contribution in [0.4, 0.5) is 16.2 Å². The molecule has 2 amide bonds. The highest BCUT2D eigenvalue weighted by Gasteiger charge is 2.11. The van der Waals surface area contributed by atoms with Crippen molar-refractivity contribution in [1.29, 1.82) is 0 Å². The number of para-hydroxylation sites is 1. The Kier molecular flexibility index (Phi) is 4.15. The molecule has 0 aromatic heterocycles. The van der Waals surface area contributed by atoms with Crippen molar-refractivity contribution >= 4 is 23.4 Å². The van der Waals surface area contributed by atoms with Crippen molar-refractivity contribution in [3.63, 3.8) is 0 Å². The van der Waals surface area contributed by atoms with Gasteiger partial charge in [0.1, 0.15) is 0 Å². The number of amides is 2. The second kappa shape index (κ2) is 5.59. The van der Waals surface area contributed by atoms with Crippen molar-refractivity contribution in [2.75, 3.05) is 24.1 Å². The van der Waals surface area contributed by atoms with Crippen LogP contribution in [0.3, 0.4) is 0 Å². The SMILES string of the molecule is NC(=O)NCCNc1c(N)cccc1C(=O)O. The van der Waals surface area contributed by atoms with Gasteiger partial charge >= 0.3 is 12.0 Å². The van der Waals surface area contributed by atoms with Gasteiger partial charge in [0.25, 0.3) is 0 Å². The maximum atomic E-state index is 10.9. The molecule has 1 aromatic carbocycles. The summed E-state index contributed by atoms with van der Waals surface area (Å²) in [5.74, 6) is -1.07. The lowest BCUT2D eigenvalue weighted by Crippen LogP contribution is -2.33. The van der Waals surface area contributed by atoms with E-state index in [-0.39, 0.29) is 12.1 Å². The first-order valence-corrected chi connectivity index (χ1v) is 4.91. The summed E-state index contributed by atoms with van der Waals surface area (Å²) in [5.41, 5.74) is 11.3. The average Bonchev–Trinajstić information content (AvgIpc) is 2.25. The number of aromatic carboxylic acids is 1. The van der Waals surface area contributed by atoms with E-state index in [1.165, 1.54) is 6.07 Å². The largest absolute Gasteiger partial charge is 0.478 e. The summed E-state index contributed by atoms with van der Waals surface area (Å²) in [6.07, 6.45) is 0. The molecule has 0 aliphatic carbocycles. The Hall–Kier alpha value is -2.44. The molecule has 7 nitrogen and oxygen atoms in total. The number of hydrogen-bond donors (Lipinski definition) is 5. The van der Waals surface area contributed by atoms with Gasteiger partial charge in [-0.1, -0.05) is 6.07 Å². The first kappa shape index (κ1) is 12.6. The van der Waals surface area contributed by atoms with Gasteiger partial charge in [0.15, 0.2) is 0 Å². The Balaban J connectivity index is 2.69. The number of hydrogen-bond acceptors (Lipinski definition) is 4. The van der Waals surface area contributed by atoms with Gasteiger partial charge in [0.2, 0.25) is 0 Å². The quantitative estimate of drug-likeness (QED) is 0.365. The Morgan fingerprint density at radius 3 is 2.59 bits per heavy atom. The first-order valence-electron chi connectivity index (χ1n) is 4.91. The molecule has 1 rings (SSSR count). The zero-order valence-electron chi connectivity index (χ0n) is 9.06. The number of primary amides is 1. The second-order valence-electron chi connectivity index (χ2n) is 3.29. The van der Waals surface area contributed by atoms with E-state index < -0.39 is 12.0 Å². The number of carboxylic acid groups (broad SMARTS) is 1. The molecule has 0 aliphatic heterocycles. The average molecular weight is 238 g/mol. The molecule has 0 saturated heterocycles. The van der Waals surface area contributed by atoms with Gasteiger partial charge in [0.05, 0.1) is 16.9 Å². The molecule has 7 N–H and O–H groups in total. The lowest BCUT2D eigenvalue weighted by atomic mass is 10.1. The summed E-state index contributed by atoms with van der Waals surface area (Å²) in [7, 11) is 0. The maximum Gasteiger partial charge on any atom is 0.337 e. The van der Waals surface area contributed by atoms with E-state index in [2.05, 4.69) is 10.6 Å². The number of carbonyl (C=O) groups is 2. The van der Waals surface area contributed by atoms with Gasteiger partial charge in [-0.3, -0.25) is 0 Å². The number of benzene rings is 1. The van der Waals surface area contributed by atoms with Crippen molar-refractivity contribution in [2.24, 2.45) is 5.73 Å². The topological polar surface area (TPSA) is 130 Å². The first-order chi connectivity index (χ1) is 8.02. The Morgan fingerprint density at radius 2 is 2.00 bits per heavy atom. The van der Waals surface area contributed by atoms with Crippen LogP contribution in [0.15, 0.2) is 18.2 Å². The zero-order valence-corrected chi connectivity index (χ0v) is 9.06. The Morgan fingerprint density at radius 1 is 1.29 bits per heavy atom. The molecular formula is C10H14N4O3. The lowest BCUT2D eigenvalue weighted by molar-refractivity contribution is 0.0698. The summed E-state index contributed by atoms with van der Waals surface area (Å²) in [6.45, 7) is 0.611. The van der Waals surface area contributed by atoms with Gasteiger partial charge in [-0.05, 0) is 12.1 Å².